The normalized spacial score (nSPS) is 16.5. The first-order valence-electron chi connectivity index (χ1n) is 8.33. The van der Waals surface area contributed by atoms with Gasteiger partial charge in [0.05, 0.1) is 17.4 Å². The Labute approximate surface area is 156 Å². The first-order chi connectivity index (χ1) is 12.9. The maximum atomic E-state index is 12.6. The monoisotopic (exact) mass is 383 g/mol. The Kier molecular flexibility index (Phi) is 4.15. The molecule has 2 heterocycles. The molecule has 3 aromatic rings. The lowest BCUT2D eigenvalue weighted by Gasteiger charge is -2.23. The van der Waals surface area contributed by atoms with E-state index < -0.39 is 10.0 Å². The maximum Gasteiger partial charge on any atom is 0.264 e. The van der Waals surface area contributed by atoms with E-state index >= 15 is 0 Å². The third-order valence-corrected chi connectivity index (χ3v) is 5.64. The Bertz CT molecular complexity index is 1090. The minimum absolute atomic E-state index is 0.0892. The first-order valence-corrected chi connectivity index (χ1v) is 9.81. The van der Waals surface area contributed by atoms with Gasteiger partial charge in [-0.05, 0) is 24.6 Å². The zero-order valence-electron chi connectivity index (χ0n) is 14.5. The van der Waals surface area contributed by atoms with E-state index in [1.807, 2.05) is 37.3 Å². The molecule has 0 aliphatic carbocycles. The van der Waals surface area contributed by atoms with Crippen LogP contribution in [0.1, 0.15) is 23.6 Å². The minimum atomic E-state index is -3.83. The number of nitrogens with one attached hydrogen (secondary N) is 2. The summed E-state index contributed by atoms with van der Waals surface area (Å²) in [5.41, 5.74) is 1.85. The Hall–Kier alpha value is -3.20. The summed E-state index contributed by atoms with van der Waals surface area (Å²) in [4.78, 5) is 16.3. The Morgan fingerprint density at radius 2 is 1.81 bits per heavy atom. The standard InChI is InChI=1S/C18H17N5O3S/c1-12-7-9-14(10-8-12)27(25,26)22-17-20-18-19-16(24)11-15(23(18)21-17)13-5-3-2-4-6-13/h2-10,15H,11H2,1H3,(H2,19,20,21,22,24). The van der Waals surface area contributed by atoms with Crippen LogP contribution in [0.2, 0.25) is 0 Å². The molecule has 2 N–H and O–H groups in total. The van der Waals surface area contributed by atoms with Gasteiger partial charge in [0.2, 0.25) is 11.9 Å². The number of hydrogen-bond acceptors (Lipinski definition) is 5. The van der Waals surface area contributed by atoms with Gasteiger partial charge in [-0.2, -0.15) is 4.98 Å². The molecule has 0 saturated heterocycles. The van der Waals surface area contributed by atoms with Gasteiger partial charge in [0.1, 0.15) is 0 Å². The van der Waals surface area contributed by atoms with Crippen molar-refractivity contribution in [2.75, 3.05) is 10.0 Å². The van der Waals surface area contributed by atoms with Crippen LogP contribution in [0.15, 0.2) is 59.5 Å². The molecule has 1 amide bonds. The van der Waals surface area contributed by atoms with E-state index in [-0.39, 0.29) is 35.2 Å². The van der Waals surface area contributed by atoms with E-state index in [1.54, 1.807) is 12.1 Å². The summed E-state index contributed by atoms with van der Waals surface area (Å²) in [6.45, 7) is 1.88. The van der Waals surface area contributed by atoms with Crippen molar-refractivity contribution in [3.05, 3.63) is 65.7 Å². The van der Waals surface area contributed by atoms with E-state index in [1.165, 1.54) is 16.8 Å². The number of anilines is 2. The topological polar surface area (TPSA) is 106 Å². The number of amides is 1. The number of benzene rings is 2. The minimum Gasteiger partial charge on any atom is -0.295 e. The smallest absolute Gasteiger partial charge is 0.264 e. The highest BCUT2D eigenvalue weighted by Gasteiger charge is 2.30. The second-order valence-corrected chi connectivity index (χ2v) is 7.98. The van der Waals surface area contributed by atoms with Crippen LogP contribution < -0.4 is 10.0 Å². The van der Waals surface area contributed by atoms with Gasteiger partial charge in [-0.1, -0.05) is 48.0 Å². The first kappa shape index (κ1) is 17.2. The highest BCUT2D eigenvalue weighted by Crippen LogP contribution is 2.30. The lowest BCUT2D eigenvalue weighted by atomic mass is 10.0. The number of aryl methyl sites for hydroxylation is 1. The predicted octanol–water partition coefficient (Wildman–Crippen LogP) is 2.32. The van der Waals surface area contributed by atoms with E-state index in [4.69, 9.17) is 0 Å². The van der Waals surface area contributed by atoms with Crippen LogP contribution in [-0.2, 0) is 14.8 Å². The number of sulfonamides is 1. The lowest BCUT2D eigenvalue weighted by molar-refractivity contribution is -0.117. The number of nitrogens with zero attached hydrogens (tertiary/aromatic N) is 3. The van der Waals surface area contributed by atoms with Crippen molar-refractivity contribution in [2.24, 2.45) is 0 Å². The SMILES string of the molecule is Cc1ccc(S(=O)(=O)Nc2nc3n(n2)C(c2ccccc2)CC(=O)N3)cc1. The summed E-state index contributed by atoms with van der Waals surface area (Å²) < 4.78 is 29.0. The van der Waals surface area contributed by atoms with Gasteiger partial charge >= 0.3 is 0 Å². The highest BCUT2D eigenvalue weighted by molar-refractivity contribution is 7.92. The molecule has 27 heavy (non-hydrogen) atoms. The molecule has 1 unspecified atom stereocenters. The molecule has 2 aromatic carbocycles. The van der Waals surface area contributed by atoms with Crippen LogP contribution in [0.4, 0.5) is 11.9 Å². The third-order valence-electron chi connectivity index (χ3n) is 4.30. The summed E-state index contributed by atoms with van der Waals surface area (Å²) in [5, 5.41) is 6.90. The van der Waals surface area contributed by atoms with Crippen molar-refractivity contribution < 1.29 is 13.2 Å². The van der Waals surface area contributed by atoms with Gasteiger partial charge in [0, 0.05) is 0 Å². The molecule has 0 spiro atoms. The number of hydrogen-bond donors (Lipinski definition) is 2. The van der Waals surface area contributed by atoms with Crippen molar-refractivity contribution in [2.45, 2.75) is 24.3 Å². The van der Waals surface area contributed by atoms with E-state index in [2.05, 4.69) is 20.1 Å². The van der Waals surface area contributed by atoms with Gasteiger partial charge in [-0.3, -0.25) is 10.1 Å². The second-order valence-electron chi connectivity index (χ2n) is 6.30. The summed E-state index contributed by atoms with van der Waals surface area (Å²) in [5.74, 6) is -0.0767. The molecule has 8 nitrogen and oxygen atoms in total. The number of carbonyl (C=O) groups is 1. The quantitative estimate of drug-likeness (QED) is 0.719. The van der Waals surface area contributed by atoms with Gasteiger partial charge in [-0.25, -0.2) is 17.8 Å². The summed E-state index contributed by atoms with van der Waals surface area (Å²) >= 11 is 0. The van der Waals surface area contributed by atoms with Crippen LogP contribution >= 0.6 is 0 Å². The summed E-state index contributed by atoms with van der Waals surface area (Å²) in [7, 11) is -3.83. The van der Waals surface area contributed by atoms with Gasteiger partial charge in [-0.15, -0.1) is 5.10 Å². The molecule has 1 aromatic heterocycles. The van der Waals surface area contributed by atoms with E-state index in [9.17, 15) is 13.2 Å². The van der Waals surface area contributed by atoms with Crippen LogP contribution in [0.3, 0.4) is 0 Å². The van der Waals surface area contributed by atoms with E-state index in [0.29, 0.717) is 0 Å². The van der Waals surface area contributed by atoms with Gasteiger partial charge in [0.25, 0.3) is 16.0 Å². The zero-order valence-corrected chi connectivity index (χ0v) is 15.3. The van der Waals surface area contributed by atoms with Crippen molar-refractivity contribution >= 4 is 27.8 Å². The van der Waals surface area contributed by atoms with E-state index in [0.717, 1.165) is 11.1 Å². The van der Waals surface area contributed by atoms with Crippen molar-refractivity contribution in [3.63, 3.8) is 0 Å². The average molecular weight is 383 g/mol. The van der Waals surface area contributed by atoms with Crippen LogP contribution in [-0.4, -0.2) is 29.1 Å². The molecule has 1 atom stereocenters. The molecule has 0 saturated carbocycles. The molecule has 1 aliphatic heterocycles. The fourth-order valence-corrected chi connectivity index (χ4v) is 3.88. The molecular formula is C18H17N5O3S. The Balaban J connectivity index is 1.67. The molecular weight excluding hydrogens is 366 g/mol. The van der Waals surface area contributed by atoms with Crippen LogP contribution in [0.25, 0.3) is 0 Å². The van der Waals surface area contributed by atoms with Gasteiger partial charge in [0.15, 0.2) is 0 Å². The molecule has 4 rings (SSSR count). The van der Waals surface area contributed by atoms with Crippen LogP contribution in [0.5, 0.6) is 0 Å². The second kappa shape index (κ2) is 6.51. The zero-order chi connectivity index (χ0) is 19.0. The fourth-order valence-electron chi connectivity index (χ4n) is 2.94. The number of aromatic nitrogens is 3. The lowest BCUT2D eigenvalue weighted by Crippen LogP contribution is -2.29. The predicted molar refractivity (Wildman–Crippen MR) is 99.8 cm³/mol. The average Bonchev–Trinajstić information content (AvgIpc) is 3.03. The molecule has 0 bridgehead atoms. The summed E-state index contributed by atoms with van der Waals surface area (Å²) in [6, 6.07) is 15.5. The third kappa shape index (κ3) is 3.41. The highest BCUT2D eigenvalue weighted by atomic mass is 32.2. The van der Waals surface area contributed by atoms with Crippen molar-refractivity contribution in [1.29, 1.82) is 0 Å². The van der Waals surface area contributed by atoms with Crippen molar-refractivity contribution in [3.8, 4) is 0 Å². The molecule has 9 heteroatoms. The molecule has 0 radical (unpaired) electrons. The summed E-state index contributed by atoms with van der Waals surface area (Å²) in [6.07, 6.45) is 0.199. The number of rotatable bonds is 4. The molecule has 138 valence electrons. The maximum absolute atomic E-state index is 12.6. The van der Waals surface area contributed by atoms with Gasteiger partial charge < -0.3 is 0 Å². The molecule has 1 aliphatic rings. The Morgan fingerprint density at radius 3 is 2.52 bits per heavy atom. The fraction of sp³-hybridized carbons (Fsp3) is 0.167. The Morgan fingerprint density at radius 1 is 1.11 bits per heavy atom. The largest absolute Gasteiger partial charge is 0.295 e. The molecule has 0 fully saturated rings. The number of fused-ring (bicyclic) bond motifs is 1. The number of carbonyl (C=O) groups excluding carboxylic acids is 1. The van der Waals surface area contributed by atoms with Crippen LogP contribution in [0, 0.1) is 6.92 Å². The van der Waals surface area contributed by atoms with Crippen molar-refractivity contribution in [1.82, 2.24) is 14.8 Å².